The second-order valence-corrected chi connectivity index (χ2v) is 7.13. The van der Waals surface area contributed by atoms with E-state index >= 15 is 0 Å². The van der Waals surface area contributed by atoms with Crippen LogP contribution in [0, 0.1) is 10.1 Å². The lowest BCUT2D eigenvalue weighted by atomic mass is 9.94. The summed E-state index contributed by atoms with van der Waals surface area (Å²) in [7, 11) is 0. The van der Waals surface area contributed by atoms with Crippen LogP contribution in [0.15, 0.2) is 71.5 Å². The Morgan fingerprint density at radius 1 is 1.00 bits per heavy atom. The highest BCUT2D eigenvalue weighted by Gasteiger charge is 2.18. The molecule has 5 aromatic rings. The summed E-state index contributed by atoms with van der Waals surface area (Å²) in [5, 5.41) is 14.1. The number of nitrogens with zero attached hydrogens (tertiary/aromatic N) is 2. The Kier molecular flexibility index (Phi) is 4.36. The summed E-state index contributed by atoms with van der Waals surface area (Å²) >= 11 is 0. The molecule has 0 unspecified atom stereocenters. The molecule has 152 valence electrons. The van der Waals surface area contributed by atoms with E-state index in [1.807, 2.05) is 43.3 Å². The number of nitro benzene ring substituents is 1. The van der Waals surface area contributed by atoms with E-state index in [1.165, 1.54) is 12.1 Å². The third-order valence-corrected chi connectivity index (χ3v) is 5.31. The lowest BCUT2D eigenvalue weighted by Gasteiger charge is -2.14. The summed E-state index contributed by atoms with van der Waals surface area (Å²) in [5.74, 6) is 0.734. The standard InChI is InChI=1S/C24H17N3O4/c1-2-31-16-10-7-14(8-11-16)21-19-13-15(27(29)30)9-12-20(19)25-23-22(21)17-5-3-4-6-18(17)24(28)26-23/h3-13H,2H2,1H3,(H,25,26,28). The minimum atomic E-state index is -0.420. The van der Waals surface area contributed by atoms with Crippen LogP contribution in [-0.2, 0) is 0 Å². The molecule has 0 aliphatic rings. The third-order valence-electron chi connectivity index (χ3n) is 5.31. The number of aromatic nitrogens is 2. The van der Waals surface area contributed by atoms with Crippen LogP contribution >= 0.6 is 0 Å². The van der Waals surface area contributed by atoms with Gasteiger partial charge < -0.3 is 9.72 Å². The van der Waals surface area contributed by atoms with Crippen molar-refractivity contribution >= 4 is 38.4 Å². The zero-order valence-electron chi connectivity index (χ0n) is 16.6. The fraction of sp³-hybridized carbons (Fsp3) is 0.0833. The first-order valence-corrected chi connectivity index (χ1v) is 9.83. The summed E-state index contributed by atoms with van der Waals surface area (Å²) < 4.78 is 5.56. The number of aromatic amines is 1. The van der Waals surface area contributed by atoms with E-state index in [4.69, 9.17) is 4.74 Å². The Hall–Kier alpha value is -4.26. The van der Waals surface area contributed by atoms with Crippen LogP contribution in [0.25, 0.3) is 43.8 Å². The molecule has 5 rings (SSSR count). The molecule has 0 aliphatic carbocycles. The van der Waals surface area contributed by atoms with Gasteiger partial charge in [0, 0.05) is 33.9 Å². The van der Waals surface area contributed by atoms with Crippen molar-refractivity contribution in [2.24, 2.45) is 0 Å². The van der Waals surface area contributed by atoms with Gasteiger partial charge in [-0.15, -0.1) is 0 Å². The van der Waals surface area contributed by atoms with Crippen LogP contribution in [0.5, 0.6) is 5.75 Å². The number of hydrogen-bond acceptors (Lipinski definition) is 5. The van der Waals surface area contributed by atoms with Gasteiger partial charge in [-0.2, -0.15) is 0 Å². The Bertz CT molecular complexity index is 1540. The number of rotatable bonds is 4. The average Bonchev–Trinajstić information content (AvgIpc) is 2.78. The largest absolute Gasteiger partial charge is 0.494 e. The number of hydrogen-bond donors (Lipinski definition) is 1. The maximum absolute atomic E-state index is 12.6. The van der Waals surface area contributed by atoms with Crippen LogP contribution in [0.4, 0.5) is 5.69 Å². The maximum atomic E-state index is 12.6. The van der Waals surface area contributed by atoms with Gasteiger partial charge in [0.15, 0.2) is 0 Å². The van der Waals surface area contributed by atoms with Crippen molar-refractivity contribution in [2.75, 3.05) is 6.61 Å². The Labute approximate surface area is 176 Å². The SMILES string of the molecule is CCOc1ccc(-c2c3cc([N+](=O)[O-])ccc3nc3[nH]c(=O)c4ccccc4c23)cc1. The van der Waals surface area contributed by atoms with Crippen LogP contribution < -0.4 is 10.3 Å². The molecule has 0 radical (unpaired) electrons. The van der Waals surface area contributed by atoms with Crippen molar-refractivity contribution in [1.29, 1.82) is 0 Å². The number of pyridine rings is 2. The molecule has 0 bridgehead atoms. The monoisotopic (exact) mass is 411 g/mol. The van der Waals surface area contributed by atoms with E-state index in [2.05, 4.69) is 9.97 Å². The maximum Gasteiger partial charge on any atom is 0.270 e. The van der Waals surface area contributed by atoms with Gasteiger partial charge >= 0.3 is 0 Å². The molecule has 3 aromatic carbocycles. The summed E-state index contributed by atoms with van der Waals surface area (Å²) in [6.45, 7) is 2.47. The second-order valence-electron chi connectivity index (χ2n) is 7.13. The lowest BCUT2D eigenvalue weighted by molar-refractivity contribution is -0.384. The van der Waals surface area contributed by atoms with Gasteiger partial charge in [0.25, 0.3) is 11.2 Å². The van der Waals surface area contributed by atoms with Crippen LogP contribution in [0.1, 0.15) is 6.92 Å². The van der Waals surface area contributed by atoms with Crippen LogP contribution in [0.2, 0.25) is 0 Å². The van der Waals surface area contributed by atoms with Gasteiger partial charge in [-0.3, -0.25) is 14.9 Å². The normalized spacial score (nSPS) is 11.3. The molecule has 0 saturated heterocycles. The molecule has 0 aliphatic heterocycles. The topological polar surface area (TPSA) is 98.1 Å². The van der Waals surface area contributed by atoms with Crippen molar-refractivity contribution in [1.82, 2.24) is 9.97 Å². The van der Waals surface area contributed by atoms with E-state index in [9.17, 15) is 14.9 Å². The second kappa shape index (κ2) is 7.21. The van der Waals surface area contributed by atoms with Crippen LogP contribution in [0.3, 0.4) is 0 Å². The molecular formula is C24H17N3O4. The summed E-state index contributed by atoms with van der Waals surface area (Å²) in [5.41, 5.74) is 2.38. The van der Waals surface area contributed by atoms with Gasteiger partial charge in [0.1, 0.15) is 11.4 Å². The predicted molar refractivity (Wildman–Crippen MR) is 121 cm³/mol. The zero-order valence-corrected chi connectivity index (χ0v) is 16.6. The van der Waals surface area contributed by atoms with Crippen molar-refractivity contribution in [3.63, 3.8) is 0 Å². The molecule has 0 amide bonds. The smallest absolute Gasteiger partial charge is 0.270 e. The van der Waals surface area contributed by atoms with Crippen LogP contribution in [-0.4, -0.2) is 21.5 Å². The van der Waals surface area contributed by atoms with Gasteiger partial charge in [-0.1, -0.05) is 30.3 Å². The zero-order chi connectivity index (χ0) is 21.5. The van der Waals surface area contributed by atoms with Crippen molar-refractivity contribution in [3.05, 3.63) is 87.2 Å². The van der Waals surface area contributed by atoms with Crippen molar-refractivity contribution in [2.45, 2.75) is 6.92 Å². The molecule has 0 saturated carbocycles. The quantitative estimate of drug-likeness (QED) is 0.190. The predicted octanol–water partition coefficient (Wildman–Crippen LogP) is 5.20. The van der Waals surface area contributed by atoms with E-state index in [-0.39, 0.29) is 11.2 Å². The molecule has 0 atom stereocenters. The lowest BCUT2D eigenvalue weighted by Crippen LogP contribution is -2.08. The number of nitrogens with one attached hydrogen (secondary N) is 1. The molecule has 31 heavy (non-hydrogen) atoms. The Morgan fingerprint density at radius 2 is 1.74 bits per heavy atom. The third kappa shape index (κ3) is 3.07. The first kappa shape index (κ1) is 18.7. The highest BCUT2D eigenvalue weighted by Crippen LogP contribution is 2.38. The number of nitro groups is 1. The number of non-ortho nitro benzene ring substituents is 1. The molecule has 7 nitrogen and oxygen atoms in total. The molecule has 0 spiro atoms. The molecule has 2 heterocycles. The summed E-state index contributed by atoms with van der Waals surface area (Å²) in [4.78, 5) is 31.2. The van der Waals surface area contributed by atoms with Gasteiger partial charge in [0.2, 0.25) is 0 Å². The van der Waals surface area contributed by atoms with Gasteiger partial charge in [0.05, 0.1) is 17.0 Å². The summed E-state index contributed by atoms with van der Waals surface area (Å²) in [6, 6.07) is 19.4. The first-order valence-electron chi connectivity index (χ1n) is 9.83. The highest BCUT2D eigenvalue weighted by atomic mass is 16.6. The number of H-pyrrole nitrogens is 1. The Balaban J connectivity index is 1.97. The fourth-order valence-corrected chi connectivity index (χ4v) is 3.98. The van der Waals surface area contributed by atoms with Crippen molar-refractivity contribution in [3.8, 4) is 16.9 Å². The minimum Gasteiger partial charge on any atom is -0.494 e. The van der Waals surface area contributed by atoms with E-state index < -0.39 is 4.92 Å². The van der Waals surface area contributed by atoms with Gasteiger partial charge in [-0.05, 0) is 42.1 Å². The molecule has 7 heteroatoms. The fourth-order valence-electron chi connectivity index (χ4n) is 3.98. The highest BCUT2D eigenvalue weighted by molar-refractivity contribution is 6.18. The van der Waals surface area contributed by atoms with E-state index in [0.29, 0.717) is 28.5 Å². The Morgan fingerprint density at radius 3 is 2.45 bits per heavy atom. The van der Waals surface area contributed by atoms with Gasteiger partial charge in [-0.25, -0.2) is 4.98 Å². The number of benzene rings is 3. The van der Waals surface area contributed by atoms with E-state index in [1.54, 1.807) is 18.2 Å². The summed E-state index contributed by atoms with van der Waals surface area (Å²) in [6.07, 6.45) is 0. The molecule has 0 fully saturated rings. The molecule has 1 N–H and O–H groups in total. The first-order chi connectivity index (χ1) is 15.1. The molecular weight excluding hydrogens is 394 g/mol. The van der Waals surface area contributed by atoms with Crippen molar-refractivity contribution < 1.29 is 9.66 Å². The number of ether oxygens (including phenoxy) is 1. The molecule has 2 aromatic heterocycles. The van der Waals surface area contributed by atoms with E-state index in [0.717, 1.165) is 27.6 Å². The average molecular weight is 411 g/mol. The number of fused-ring (bicyclic) bond motifs is 4. The minimum absolute atomic E-state index is 0.0189.